The van der Waals surface area contributed by atoms with Gasteiger partial charge in [0.15, 0.2) is 0 Å². The van der Waals surface area contributed by atoms with Crippen molar-refractivity contribution >= 4 is 10.0 Å². The van der Waals surface area contributed by atoms with Gasteiger partial charge in [-0.05, 0) is 51.6 Å². The van der Waals surface area contributed by atoms with E-state index in [1.54, 1.807) is 0 Å². The Bertz CT molecular complexity index is 606. The molecule has 21 heavy (non-hydrogen) atoms. The summed E-state index contributed by atoms with van der Waals surface area (Å²) in [6, 6.07) is 3.96. The van der Waals surface area contributed by atoms with E-state index in [9.17, 15) is 12.8 Å². The van der Waals surface area contributed by atoms with Crippen LogP contribution in [0.15, 0.2) is 23.1 Å². The topological polar surface area (TPSA) is 75.4 Å². The van der Waals surface area contributed by atoms with Crippen LogP contribution in [0.5, 0.6) is 0 Å². The van der Waals surface area contributed by atoms with E-state index in [0.717, 1.165) is 25.5 Å². The summed E-state index contributed by atoms with van der Waals surface area (Å²) in [6.07, 6.45) is 1.53. The van der Waals surface area contributed by atoms with Gasteiger partial charge in [0.2, 0.25) is 10.0 Å². The summed E-state index contributed by atoms with van der Waals surface area (Å²) in [4.78, 5) is 2.27. The molecule has 0 radical (unpaired) electrons. The minimum absolute atomic E-state index is 0.0273. The highest BCUT2D eigenvalue weighted by Gasteiger charge is 2.27. The van der Waals surface area contributed by atoms with Crippen LogP contribution in [0, 0.1) is 5.82 Å². The molecule has 2 atom stereocenters. The quantitative estimate of drug-likeness (QED) is 0.871. The van der Waals surface area contributed by atoms with E-state index < -0.39 is 15.8 Å². The summed E-state index contributed by atoms with van der Waals surface area (Å²) < 4.78 is 40.9. The fourth-order valence-corrected chi connectivity index (χ4v) is 3.89. The molecule has 0 aromatic heterocycles. The molecule has 2 rings (SSSR count). The second-order valence-corrected chi connectivity index (χ2v) is 7.34. The molecule has 5 nitrogen and oxygen atoms in total. The fourth-order valence-electron chi connectivity index (χ4n) is 2.56. The molecule has 1 fully saturated rings. The number of likely N-dealkylation sites (tertiary alicyclic amines) is 1. The van der Waals surface area contributed by atoms with Gasteiger partial charge >= 0.3 is 0 Å². The van der Waals surface area contributed by atoms with E-state index in [4.69, 9.17) is 5.73 Å². The zero-order valence-electron chi connectivity index (χ0n) is 12.3. The number of hydrogen-bond donors (Lipinski definition) is 2. The predicted molar refractivity (Wildman–Crippen MR) is 79.7 cm³/mol. The van der Waals surface area contributed by atoms with Crippen LogP contribution in [0.2, 0.25) is 0 Å². The standard InChI is InChI=1S/C14H22FN3O2S/c1-10-7-12(5-6-18(10)2)17-21(19,20)13-3-4-14(15)11(8-13)9-16/h3-4,8,10,12,17H,5-7,9,16H2,1-2H3. The first-order chi connectivity index (χ1) is 9.83. The summed E-state index contributed by atoms with van der Waals surface area (Å²) >= 11 is 0. The molecule has 1 saturated heterocycles. The third-order valence-electron chi connectivity index (χ3n) is 4.08. The number of halogens is 1. The van der Waals surface area contributed by atoms with Crippen LogP contribution < -0.4 is 10.5 Å². The molecule has 2 unspecified atom stereocenters. The summed E-state index contributed by atoms with van der Waals surface area (Å²) in [5.74, 6) is -0.482. The first kappa shape index (κ1) is 16.4. The van der Waals surface area contributed by atoms with Crippen molar-refractivity contribution in [1.29, 1.82) is 0 Å². The number of nitrogens with one attached hydrogen (secondary N) is 1. The van der Waals surface area contributed by atoms with Gasteiger partial charge in [-0.1, -0.05) is 0 Å². The van der Waals surface area contributed by atoms with Gasteiger partial charge in [-0.3, -0.25) is 0 Å². The van der Waals surface area contributed by atoms with Crippen LogP contribution in [-0.4, -0.2) is 39.0 Å². The third kappa shape index (κ3) is 3.79. The van der Waals surface area contributed by atoms with E-state index in [-0.39, 0.29) is 23.0 Å². The normalized spacial score (nSPS) is 24.2. The number of nitrogens with two attached hydrogens (primary N) is 1. The van der Waals surface area contributed by atoms with Crippen molar-refractivity contribution in [2.24, 2.45) is 5.73 Å². The smallest absolute Gasteiger partial charge is 0.240 e. The summed E-state index contributed by atoms with van der Waals surface area (Å²) in [5.41, 5.74) is 5.62. The van der Waals surface area contributed by atoms with Gasteiger partial charge in [0, 0.05) is 24.2 Å². The molecule has 0 saturated carbocycles. The Kier molecular flexibility index (Phi) is 4.98. The molecule has 0 bridgehead atoms. The molecule has 118 valence electrons. The third-order valence-corrected chi connectivity index (χ3v) is 5.60. The molecule has 1 aromatic carbocycles. The highest BCUT2D eigenvalue weighted by Crippen LogP contribution is 2.19. The van der Waals surface area contributed by atoms with Gasteiger partial charge in [0.05, 0.1) is 4.90 Å². The van der Waals surface area contributed by atoms with E-state index >= 15 is 0 Å². The highest BCUT2D eigenvalue weighted by atomic mass is 32.2. The van der Waals surface area contributed by atoms with Crippen molar-refractivity contribution in [3.05, 3.63) is 29.6 Å². The van der Waals surface area contributed by atoms with Gasteiger partial charge in [0.1, 0.15) is 5.82 Å². The number of piperidine rings is 1. The Morgan fingerprint density at radius 1 is 1.48 bits per heavy atom. The lowest BCUT2D eigenvalue weighted by atomic mass is 10.0. The maximum atomic E-state index is 13.4. The van der Waals surface area contributed by atoms with Gasteiger partial charge in [0.25, 0.3) is 0 Å². The molecule has 0 amide bonds. The zero-order chi connectivity index (χ0) is 15.6. The Morgan fingerprint density at radius 3 is 2.81 bits per heavy atom. The highest BCUT2D eigenvalue weighted by molar-refractivity contribution is 7.89. The van der Waals surface area contributed by atoms with Crippen molar-refractivity contribution in [1.82, 2.24) is 9.62 Å². The lowest BCUT2D eigenvalue weighted by molar-refractivity contribution is 0.178. The van der Waals surface area contributed by atoms with Gasteiger partial charge < -0.3 is 10.6 Å². The first-order valence-electron chi connectivity index (χ1n) is 7.04. The summed E-state index contributed by atoms with van der Waals surface area (Å²) in [5, 5.41) is 0. The zero-order valence-corrected chi connectivity index (χ0v) is 13.2. The molecular weight excluding hydrogens is 293 g/mol. The minimum Gasteiger partial charge on any atom is -0.326 e. The van der Waals surface area contributed by atoms with Gasteiger partial charge in [-0.25, -0.2) is 17.5 Å². The number of rotatable bonds is 4. The van der Waals surface area contributed by atoms with Crippen LogP contribution in [0.1, 0.15) is 25.3 Å². The Balaban J connectivity index is 2.15. The number of sulfonamides is 1. The van der Waals surface area contributed by atoms with Crippen LogP contribution in [0.25, 0.3) is 0 Å². The van der Waals surface area contributed by atoms with Crippen LogP contribution in [0.4, 0.5) is 4.39 Å². The predicted octanol–water partition coefficient (Wildman–Crippen LogP) is 1.05. The summed E-state index contributed by atoms with van der Waals surface area (Å²) in [7, 11) is -1.61. The van der Waals surface area contributed by atoms with Crippen LogP contribution >= 0.6 is 0 Å². The van der Waals surface area contributed by atoms with Crippen molar-refractivity contribution < 1.29 is 12.8 Å². The minimum atomic E-state index is -3.64. The van der Waals surface area contributed by atoms with Crippen molar-refractivity contribution in [2.45, 2.75) is 43.3 Å². The maximum absolute atomic E-state index is 13.4. The average Bonchev–Trinajstić information content (AvgIpc) is 2.43. The van der Waals surface area contributed by atoms with E-state index in [1.807, 2.05) is 7.05 Å². The second kappa shape index (κ2) is 6.39. The summed E-state index contributed by atoms with van der Waals surface area (Å²) in [6.45, 7) is 2.90. The van der Waals surface area contributed by atoms with Gasteiger partial charge in [-0.15, -0.1) is 0 Å². The molecular formula is C14H22FN3O2S. The Morgan fingerprint density at radius 2 is 2.19 bits per heavy atom. The van der Waals surface area contributed by atoms with E-state index in [1.165, 1.54) is 12.1 Å². The average molecular weight is 315 g/mol. The van der Waals surface area contributed by atoms with Gasteiger partial charge in [-0.2, -0.15) is 0 Å². The second-order valence-electron chi connectivity index (χ2n) is 5.63. The van der Waals surface area contributed by atoms with Crippen LogP contribution in [-0.2, 0) is 16.6 Å². The monoisotopic (exact) mass is 315 g/mol. The molecule has 1 heterocycles. The molecule has 7 heteroatoms. The number of hydrogen-bond acceptors (Lipinski definition) is 4. The van der Waals surface area contributed by atoms with Crippen molar-refractivity contribution in [3.63, 3.8) is 0 Å². The van der Waals surface area contributed by atoms with E-state index in [0.29, 0.717) is 6.04 Å². The molecule has 0 spiro atoms. The lowest BCUT2D eigenvalue weighted by Gasteiger charge is -2.35. The molecule has 0 aliphatic carbocycles. The first-order valence-corrected chi connectivity index (χ1v) is 8.53. The molecule has 1 aliphatic rings. The number of benzene rings is 1. The fraction of sp³-hybridized carbons (Fsp3) is 0.571. The largest absolute Gasteiger partial charge is 0.326 e. The molecule has 3 N–H and O–H groups in total. The lowest BCUT2D eigenvalue weighted by Crippen LogP contribution is -2.47. The Labute approximate surface area is 125 Å². The molecule has 1 aromatic rings. The SMILES string of the molecule is CC1CC(NS(=O)(=O)c2ccc(F)c(CN)c2)CCN1C. The van der Waals surface area contributed by atoms with E-state index in [2.05, 4.69) is 16.5 Å². The van der Waals surface area contributed by atoms with Crippen molar-refractivity contribution in [3.8, 4) is 0 Å². The Hall–Kier alpha value is -1.02. The molecule has 1 aliphatic heterocycles. The maximum Gasteiger partial charge on any atom is 0.240 e. The van der Waals surface area contributed by atoms with Crippen LogP contribution in [0.3, 0.4) is 0 Å². The number of nitrogens with zero attached hydrogens (tertiary/aromatic N) is 1. The van der Waals surface area contributed by atoms with Crippen molar-refractivity contribution in [2.75, 3.05) is 13.6 Å².